The number of rotatable bonds is 4. The molecule has 0 fully saturated rings. The van der Waals surface area contributed by atoms with Crippen LogP contribution in [0.2, 0.25) is 0 Å². The molecule has 19 heavy (non-hydrogen) atoms. The highest BCUT2D eigenvalue weighted by molar-refractivity contribution is 5.74. The Bertz CT molecular complexity index is 558. The smallest absolute Gasteiger partial charge is 0.127 e. The zero-order valence-corrected chi connectivity index (χ0v) is 12.1. The van der Waals surface area contributed by atoms with Gasteiger partial charge in [-0.25, -0.2) is 0 Å². The molecule has 0 amide bonds. The molecule has 2 heteroatoms. The number of hydrogen-bond acceptors (Lipinski definition) is 2. The lowest BCUT2D eigenvalue weighted by Gasteiger charge is -2.13. The van der Waals surface area contributed by atoms with E-state index in [1.807, 2.05) is 7.05 Å². The molecule has 1 N–H and O–H groups in total. The molecule has 2 aromatic rings. The van der Waals surface area contributed by atoms with Crippen molar-refractivity contribution in [2.75, 3.05) is 14.2 Å². The minimum Gasteiger partial charge on any atom is -0.496 e. The van der Waals surface area contributed by atoms with Crippen molar-refractivity contribution in [3.05, 3.63) is 53.1 Å². The van der Waals surface area contributed by atoms with Gasteiger partial charge in [0.05, 0.1) is 7.11 Å². The number of methoxy groups -OCH3 is 1. The molecule has 0 heterocycles. The van der Waals surface area contributed by atoms with Gasteiger partial charge in [-0.2, -0.15) is 0 Å². The summed E-state index contributed by atoms with van der Waals surface area (Å²) in [4.78, 5) is 0. The number of hydrogen-bond donors (Lipinski definition) is 1. The van der Waals surface area contributed by atoms with E-state index in [-0.39, 0.29) is 0 Å². The van der Waals surface area contributed by atoms with Crippen LogP contribution in [0, 0.1) is 13.8 Å². The Kier molecular flexibility index (Phi) is 4.23. The molecule has 100 valence electrons. The first-order valence-corrected chi connectivity index (χ1v) is 6.55. The van der Waals surface area contributed by atoms with Crippen molar-refractivity contribution < 1.29 is 4.74 Å². The summed E-state index contributed by atoms with van der Waals surface area (Å²) in [5.74, 6) is 0.943. The average molecular weight is 255 g/mol. The quantitative estimate of drug-likeness (QED) is 0.899. The molecule has 0 bridgehead atoms. The lowest BCUT2D eigenvalue weighted by molar-refractivity contribution is 0.416. The van der Waals surface area contributed by atoms with Gasteiger partial charge in [0, 0.05) is 12.1 Å². The van der Waals surface area contributed by atoms with Gasteiger partial charge >= 0.3 is 0 Å². The number of aryl methyl sites for hydroxylation is 2. The van der Waals surface area contributed by atoms with Crippen molar-refractivity contribution in [3.63, 3.8) is 0 Å². The van der Waals surface area contributed by atoms with E-state index in [1.165, 1.54) is 27.8 Å². The third-order valence-corrected chi connectivity index (χ3v) is 3.29. The summed E-state index contributed by atoms with van der Waals surface area (Å²) in [7, 11) is 3.69. The van der Waals surface area contributed by atoms with Gasteiger partial charge in [-0.3, -0.25) is 0 Å². The monoisotopic (exact) mass is 255 g/mol. The molecular formula is C17H21NO. The Balaban J connectivity index is 2.46. The highest BCUT2D eigenvalue weighted by Gasteiger charge is 2.10. The Hall–Kier alpha value is -1.80. The number of nitrogens with one attached hydrogen (secondary N) is 1. The van der Waals surface area contributed by atoms with Crippen molar-refractivity contribution in [2.45, 2.75) is 20.4 Å². The highest BCUT2D eigenvalue weighted by atomic mass is 16.5. The normalized spacial score (nSPS) is 10.5. The van der Waals surface area contributed by atoms with E-state index in [0.717, 1.165) is 12.3 Å². The second-order valence-electron chi connectivity index (χ2n) is 4.89. The molecule has 0 radical (unpaired) electrons. The van der Waals surface area contributed by atoms with Crippen LogP contribution >= 0.6 is 0 Å². The molecule has 0 aromatic heterocycles. The molecule has 0 aliphatic heterocycles. The molecule has 0 aliphatic rings. The van der Waals surface area contributed by atoms with Gasteiger partial charge in [0.15, 0.2) is 0 Å². The maximum Gasteiger partial charge on any atom is 0.127 e. The Morgan fingerprint density at radius 1 is 1.05 bits per heavy atom. The molecule has 0 spiro atoms. The van der Waals surface area contributed by atoms with Crippen LogP contribution in [0.5, 0.6) is 5.75 Å². The zero-order chi connectivity index (χ0) is 13.8. The summed E-state index contributed by atoms with van der Waals surface area (Å²) in [5.41, 5.74) is 6.15. The molecule has 0 saturated carbocycles. The molecule has 0 aliphatic carbocycles. The van der Waals surface area contributed by atoms with Crippen LogP contribution in [0.15, 0.2) is 36.4 Å². The molecule has 0 atom stereocenters. The average Bonchev–Trinajstić information content (AvgIpc) is 2.39. The first-order chi connectivity index (χ1) is 9.15. The van der Waals surface area contributed by atoms with E-state index in [1.54, 1.807) is 7.11 Å². The summed E-state index contributed by atoms with van der Waals surface area (Å²) in [6.07, 6.45) is 0. The first kappa shape index (κ1) is 13.6. The van der Waals surface area contributed by atoms with Crippen LogP contribution in [0.4, 0.5) is 0 Å². The zero-order valence-electron chi connectivity index (χ0n) is 12.1. The maximum atomic E-state index is 5.53. The molecule has 2 rings (SSSR count). The van der Waals surface area contributed by atoms with E-state index in [0.29, 0.717) is 0 Å². The highest BCUT2D eigenvalue weighted by Crippen LogP contribution is 2.34. The molecule has 0 saturated heterocycles. The summed E-state index contributed by atoms with van der Waals surface area (Å²) >= 11 is 0. The van der Waals surface area contributed by atoms with Crippen molar-refractivity contribution in [1.29, 1.82) is 0 Å². The van der Waals surface area contributed by atoms with E-state index in [4.69, 9.17) is 4.74 Å². The maximum absolute atomic E-state index is 5.53. The third kappa shape index (κ3) is 2.96. The SMILES string of the molecule is CNCc1ccc(-c2c(C)cc(C)cc2OC)cc1. The predicted molar refractivity (Wildman–Crippen MR) is 80.7 cm³/mol. The summed E-state index contributed by atoms with van der Waals surface area (Å²) in [5, 5.41) is 3.16. The standard InChI is InChI=1S/C17H21NO/c1-12-9-13(2)17(16(10-12)19-4)15-7-5-14(6-8-15)11-18-3/h5-10,18H,11H2,1-4H3. The van der Waals surface area contributed by atoms with Gasteiger partial charge in [-0.05, 0) is 49.2 Å². The second-order valence-corrected chi connectivity index (χ2v) is 4.89. The van der Waals surface area contributed by atoms with E-state index >= 15 is 0 Å². The Labute approximate surface area is 115 Å². The molecule has 0 unspecified atom stereocenters. The Morgan fingerprint density at radius 3 is 2.32 bits per heavy atom. The molecule has 2 nitrogen and oxygen atoms in total. The van der Waals surface area contributed by atoms with Crippen LogP contribution in [0.1, 0.15) is 16.7 Å². The van der Waals surface area contributed by atoms with Crippen LogP contribution in [-0.4, -0.2) is 14.2 Å². The van der Waals surface area contributed by atoms with Gasteiger partial charge in [0.25, 0.3) is 0 Å². The van der Waals surface area contributed by atoms with Crippen LogP contribution in [-0.2, 0) is 6.54 Å². The number of benzene rings is 2. The van der Waals surface area contributed by atoms with Crippen molar-refractivity contribution in [2.24, 2.45) is 0 Å². The van der Waals surface area contributed by atoms with Gasteiger partial charge in [-0.15, -0.1) is 0 Å². The number of ether oxygens (including phenoxy) is 1. The van der Waals surface area contributed by atoms with Crippen molar-refractivity contribution in [3.8, 4) is 16.9 Å². The Morgan fingerprint density at radius 2 is 1.74 bits per heavy atom. The van der Waals surface area contributed by atoms with Crippen LogP contribution < -0.4 is 10.1 Å². The van der Waals surface area contributed by atoms with Gasteiger partial charge in [0.1, 0.15) is 5.75 Å². The lowest BCUT2D eigenvalue weighted by Crippen LogP contribution is -2.04. The first-order valence-electron chi connectivity index (χ1n) is 6.55. The van der Waals surface area contributed by atoms with Gasteiger partial charge in [-0.1, -0.05) is 30.3 Å². The summed E-state index contributed by atoms with van der Waals surface area (Å²) in [6, 6.07) is 12.9. The van der Waals surface area contributed by atoms with E-state index in [9.17, 15) is 0 Å². The lowest BCUT2D eigenvalue weighted by atomic mass is 9.96. The minimum atomic E-state index is 0.893. The van der Waals surface area contributed by atoms with Crippen LogP contribution in [0.3, 0.4) is 0 Å². The molecular weight excluding hydrogens is 234 g/mol. The predicted octanol–water partition coefficient (Wildman–Crippen LogP) is 3.70. The fourth-order valence-electron chi connectivity index (χ4n) is 2.45. The van der Waals surface area contributed by atoms with Crippen LogP contribution in [0.25, 0.3) is 11.1 Å². The fraction of sp³-hybridized carbons (Fsp3) is 0.294. The minimum absolute atomic E-state index is 0.893. The van der Waals surface area contributed by atoms with Crippen molar-refractivity contribution in [1.82, 2.24) is 5.32 Å². The summed E-state index contributed by atoms with van der Waals surface area (Å²) < 4.78 is 5.53. The van der Waals surface area contributed by atoms with E-state index in [2.05, 4.69) is 55.6 Å². The topological polar surface area (TPSA) is 21.3 Å². The second kappa shape index (κ2) is 5.89. The largest absolute Gasteiger partial charge is 0.496 e. The van der Waals surface area contributed by atoms with Gasteiger partial charge in [0.2, 0.25) is 0 Å². The van der Waals surface area contributed by atoms with Gasteiger partial charge < -0.3 is 10.1 Å². The van der Waals surface area contributed by atoms with E-state index < -0.39 is 0 Å². The fourth-order valence-corrected chi connectivity index (χ4v) is 2.45. The summed E-state index contributed by atoms with van der Waals surface area (Å²) in [6.45, 7) is 5.12. The molecule has 2 aromatic carbocycles. The van der Waals surface area contributed by atoms with Crippen molar-refractivity contribution >= 4 is 0 Å². The third-order valence-electron chi connectivity index (χ3n) is 3.29.